The molecule has 0 aromatic heterocycles. The summed E-state index contributed by atoms with van der Waals surface area (Å²) < 4.78 is 5.77. The summed E-state index contributed by atoms with van der Waals surface area (Å²) >= 11 is 5.38. The maximum Gasteiger partial charge on any atom is 0.234 e. The van der Waals surface area contributed by atoms with E-state index < -0.39 is 0 Å². The number of halogens is 1. The molecule has 18 heavy (non-hydrogen) atoms. The molecule has 0 atom stereocenters. The second-order valence-electron chi connectivity index (χ2n) is 5.02. The molecule has 0 aromatic rings. The fraction of sp³-hybridized carbons (Fsp3) is 0.923. The molecule has 0 bridgehead atoms. The first-order valence-corrected chi connectivity index (χ1v) is 6.82. The minimum Gasteiger partial charge on any atom is -0.400 e. The van der Waals surface area contributed by atoms with Crippen LogP contribution in [-0.2, 0) is 9.53 Å². The van der Waals surface area contributed by atoms with Crippen LogP contribution in [0, 0.1) is 5.92 Å². The number of carbonyl (C=O) groups excluding carboxylic acids is 1. The van der Waals surface area contributed by atoms with Crippen LogP contribution in [0.1, 0.15) is 42.0 Å². The third-order valence-electron chi connectivity index (χ3n) is 2.36. The Bertz CT molecular complexity index is 214. The zero-order valence-electron chi connectivity index (χ0n) is 12.3. The van der Waals surface area contributed by atoms with Gasteiger partial charge in [-0.05, 0) is 32.6 Å². The Morgan fingerprint density at radius 2 is 2.00 bits per heavy atom. The molecular weight excluding hydrogens is 254 g/mol. The molecule has 112 valence electrons. The molecule has 0 spiro atoms. The Balaban J connectivity index is -0.000000809. The molecule has 0 aliphatic rings. The van der Waals surface area contributed by atoms with Gasteiger partial charge in [0.25, 0.3) is 0 Å². The molecule has 0 aliphatic heterocycles. The van der Waals surface area contributed by atoms with Crippen LogP contribution in [0.2, 0.25) is 0 Å². The number of aliphatic hydroxyl groups excluding tert-OH is 1. The van der Waals surface area contributed by atoms with E-state index in [1.807, 2.05) is 13.8 Å². The van der Waals surface area contributed by atoms with Crippen molar-refractivity contribution in [1.82, 2.24) is 5.32 Å². The first-order chi connectivity index (χ1) is 8.37. The van der Waals surface area contributed by atoms with Gasteiger partial charge < -0.3 is 15.2 Å². The van der Waals surface area contributed by atoms with Crippen LogP contribution >= 0.6 is 11.6 Å². The fourth-order valence-corrected chi connectivity index (χ4v) is 1.29. The predicted molar refractivity (Wildman–Crippen MR) is 78.1 cm³/mol. The summed E-state index contributed by atoms with van der Waals surface area (Å²) in [5.41, 5.74) is -0.186. The third-order valence-corrected chi connectivity index (χ3v) is 2.60. The normalized spacial score (nSPS) is 10.9. The number of alkyl halides is 1. The molecule has 4 nitrogen and oxygen atoms in total. The molecule has 2 N–H and O–H groups in total. The van der Waals surface area contributed by atoms with Gasteiger partial charge >= 0.3 is 0 Å². The van der Waals surface area contributed by atoms with Gasteiger partial charge in [0.05, 0.1) is 5.60 Å². The Labute approximate surface area is 118 Å². The van der Waals surface area contributed by atoms with Gasteiger partial charge in [0.15, 0.2) is 0 Å². The zero-order chi connectivity index (χ0) is 14.6. The highest BCUT2D eigenvalue weighted by Gasteiger charge is 2.18. The van der Waals surface area contributed by atoms with Gasteiger partial charge in [0.2, 0.25) is 5.91 Å². The summed E-state index contributed by atoms with van der Waals surface area (Å²) in [6.45, 7) is 9.82. The van der Waals surface area contributed by atoms with Crippen molar-refractivity contribution < 1.29 is 16.1 Å². The van der Waals surface area contributed by atoms with Crippen molar-refractivity contribution >= 4 is 17.5 Å². The van der Waals surface area contributed by atoms with E-state index in [1.54, 1.807) is 0 Å². The Morgan fingerprint density at radius 1 is 1.44 bits per heavy atom. The van der Waals surface area contributed by atoms with Crippen molar-refractivity contribution in [3.63, 3.8) is 0 Å². The number of aliphatic hydroxyl groups is 1. The third kappa shape index (κ3) is 13.7. The van der Waals surface area contributed by atoms with E-state index in [4.69, 9.17) is 21.4 Å². The van der Waals surface area contributed by atoms with E-state index in [0.717, 1.165) is 26.6 Å². The van der Waals surface area contributed by atoms with Crippen molar-refractivity contribution in [3.8, 4) is 0 Å². The second kappa shape index (κ2) is 11.8. The smallest absolute Gasteiger partial charge is 0.234 e. The summed E-state index contributed by atoms with van der Waals surface area (Å²) in [5, 5.41) is 9.74. The van der Waals surface area contributed by atoms with Crippen molar-refractivity contribution in [1.29, 1.82) is 0 Å². The lowest BCUT2D eigenvalue weighted by atomic mass is 10.0. The summed E-state index contributed by atoms with van der Waals surface area (Å²) in [4.78, 5) is 10.9. The monoisotopic (exact) mass is 283 g/mol. The molecule has 0 saturated heterocycles. The molecule has 0 fully saturated rings. The molecular formula is C13H30ClNO3. The molecule has 0 unspecified atom stereocenters. The number of ether oxygens (including phenoxy) is 1. The second-order valence-corrected chi connectivity index (χ2v) is 5.29. The maximum absolute atomic E-state index is 10.9. The van der Waals surface area contributed by atoms with Crippen LogP contribution in [0.25, 0.3) is 0 Å². The Hall–Kier alpha value is -0.320. The van der Waals surface area contributed by atoms with Crippen LogP contribution in [0.3, 0.4) is 0 Å². The van der Waals surface area contributed by atoms with E-state index in [2.05, 4.69) is 19.2 Å². The first kappa shape index (κ1) is 20.0. The van der Waals surface area contributed by atoms with Gasteiger partial charge in [-0.25, -0.2) is 0 Å². The van der Waals surface area contributed by atoms with E-state index in [9.17, 15) is 4.79 Å². The minimum atomic E-state index is -0.186. The van der Waals surface area contributed by atoms with Gasteiger partial charge in [-0.3, -0.25) is 4.79 Å². The van der Waals surface area contributed by atoms with Gasteiger partial charge in [-0.15, -0.1) is 11.6 Å². The predicted octanol–water partition coefficient (Wildman–Crippen LogP) is 2.43. The number of hydrogen-bond acceptors (Lipinski definition) is 3. The number of rotatable bonds is 8. The maximum atomic E-state index is 10.9. The lowest BCUT2D eigenvalue weighted by Gasteiger charge is -2.26. The highest BCUT2D eigenvalue weighted by molar-refractivity contribution is 6.27. The molecule has 0 radical (unpaired) electrons. The number of hydrogen-bond donors (Lipinski definition) is 2. The van der Waals surface area contributed by atoms with Crippen molar-refractivity contribution in [2.24, 2.45) is 5.92 Å². The Kier molecular flexibility index (Phi) is 13.1. The molecule has 0 aliphatic carbocycles. The van der Waals surface area contributed by atoms with Crippen LogP contribution in [-0.4, -0.2) is 42.8 Å². The van der Waals surface area contributed by atoms with Crippen LogP contribution in [0.15, 0.2) is 0 Å². The topological polar surface area (TPSA) is 58.6 Å². The molecule has 1 amide bonds. The SMILES string of the molecule is CC(C)CCOC(C)(C)CCNC(=O)CCl.CO.[HH]. The summed E-state index contributed by atoms with van der Waals surface area (Å²) in [6, 6.07) is 0. The van der Waals surface area contributed by atoms with Crippen molar-refractivity contribution in [2.75, 3.05) is 26.1 Å². The molecule has 0 saturated carbocycles. The van der Waals surface area contributed by atoms with Crippen LogP contribution < -0.4 is 5.32 Å². The zero-order valence-corrected chi connectivity index (χ0v) is 13.0. The molecule has 0 aromatic carbocycles. The quantitative estimate of drug-likeness (QED) is 0.673. The number of carbonyl (C=O) groups is 1. The Morgan fingerprint density at radius 3 is 2.44 bits per heavy atom. The van der Waals surface area contributed by atoms with E-state index in [0.29, 0.717) is 12.5 Å². The van der Waals surface area contributed by atoms with E-state index in [1.165, 1.54) is 0 Å². The molecule has 0 heterocycles. The average Bonchev–Trinajstić information content (AvgIpc) is 2.30. The molecule has 0 rings (SSSR count). The summed E-state index contributed by atoms with van der Waals surface area (Å²) in [7, 11) is 1.00. The van der Waals surface area contributed by atoms with Gasteiger partial charge in [-0.2, -0.15) is 0 Å². The lowest BCUT2D eigenvalue weighted by molar-refractivity contribution is -0.118. The first-order valence-electron chi connectivity index (χ1n) is 6.29. The highest BCUT2D eigenvalue weighted by atomic mass is 35.5. The lowest BCUT2D eigenvalue weighted by Crippen LogP contribution is -2.33. The van der Waals surface area contributed by atoms with Crippen molar-refractivity contribution in [2.45, 2.75) is 46.1 Å². The fourth-order valence-electron chi connectivity index (χ4n) is 1.19. The van der Waals surface area contributed by atoms with Crippen LogP contribution in [0.5, 0.6) is 0 Å². The standard InChI is InChI=1S/C12H24ClNO2.CH4O.H2/c1-10(2)5-8-16-12(3,4)6-7-14-11(15)9-13;1-2;/h10H,5-9H2,1-4H3,(H,14,15);2H,1H3;1H. The van der Waals surface area contributed by atoms with E-state index in [-0.39, 0.29) is 18.8 Å². The van der Waals surface area contributed by atoms with Crippen molar-refractivity contribution in [3.05, 3.63) is 0 Å². The summed E-state index contributed by atoms with van der Waals surface area (Å²) in [5.74, 6) is 0.556. The van der Waals surface area contributed by atoms with Gasteiger partial charge in [-0.1, -0.05) is 13.8 Å². The molecule has 5 heteroatoms. The van der Waals surface area contributed by atoms with Gasteiger partial charge in [0.1, 0.15) is 5.88 Å². The van der Waals surface area contributed by atoms with Crippen LogP contribution in [0.4, 0.5) is 0 Å². The van der Waals surface area contributed by atoms with Gasteiger partial charge in [0, 0.05) is 21.7 Å². The highest BCUT2D eigenvalue weighted by Crippen LogP contribution is 2.15. The van der Waals surface area contributed by atoms with E-state index >= 15 is 0 Å². The largest absolute Gasteiger partial charge is 0.400 e. The minimum absolute atomic E-state index is 0. The number of nitrogens with one attached hydrogen (secondary N) is 1. The summed E-state index contributed by atoms with van der Waals surface area (Å²) in [6.07, 6.45) is 1.87. The average molecular weight is 284 g/mol. The number of amides is 1.